The predicted molar refractivity (Wildman–Crippen MR) is 99.8 cm³/mol. The zero-order valence-corrected chi connectivity index (χ0v) is 14.4. The van der Waals surface area contributed by atoms with Crippen molar-refractivity contribution in [2.75, 3.05) is 0 Å². The highest BCUT2D eigenvalue weighted by Crippen LogP contribution is 2.33. The molecule has 5 nitrogen and oxygen atoms in total. The number of hydrogen-bond donors (Lipinski definition) is 1. The number of carbonyl (C=O) groups is 1. The molecule has 128 valence electrons. The second kappa shape index (κ2) is 5.66. The molecule has 2 heterocycles. The average molecular weight is 342 g/mol. The molecule has 0 unspecified atom stereocenters. The number of aromatic nitrogens is 4. The van der Waals surface area contributed by atoms with Gasteiger partial charge in [0.25, 0.3) is 0 Å². The van der Waals surface area contributed by atoms with Gasteiger partial charge in [-0.25, -0.2) is 9.67 Å². The van der Waals surface area contributed by atoms with Crippen LogP contribution in [0.5, 0.6) is 0 Å². The number of nitrogens with one attached hydrogen (secondary N) is 1. The molecule has 4 aromatic rings. The van der Waals surface area contributed by atoms with E-state index in [1.807, 2.05) is 24.3 Å². The SMILES string of the molecule is Cc1cccc([C@H]2CC(=O)c3cnn(-c4nc5ccccc5[nH]4)c3C2)c1. The van der Waals surface area contributed by atoms with E-state index in [0.717, 1.165) is 23.1 Å². The first kappa shape index (κ1) is 15.1. The molecule has 0 amide bonds. The number of H-pyrrole nitrogens is 1. The summed E-state index contributed by atoms with van der Waals surface area (Å²) < 4.78 is 1.79. The summed E-state index contributed by atoms with van der Waals surface area (Å²) in [6.07, 6.45) is 2.99. The van der Waals surface area contributed by atoms with Crippen LogP contribution in [0.4, 0.5) is 0 Å². The number of carbonyl (C=O) groups excluding carboxylic acids is 1. The molecule has 1 aliphatic carbocycles. The zero-order valence-electron chi connectivity index (χ0n) is 14.4. The zero-order chi connectivity index (χ0) is 17.7. The first-order chi connectivity index (χ1) is 12.7. The number of benzene rings is 2. The summed E-state index contributed by atoms with van der Waals surface area (Å²) in [7, 11) is 0. The summed E-state index contributed by atoms with van der Waals surface area (Å²) in [6, 6.07) is 16.3. The Morgan fingerprint density at radius 3 is 2.85 bits per heavy atom. The van der Waals surface area contributed by atoms with E-state index >= 15 is 0 Å². The number of aryl methyl sites for hydroxylation is 1. The molecule has 2 aromatic heterocycles. The van der Waals surface area contributed by atoms with Crippen LogP contribution >= 0.6 is 0 Å². The second-order valence-electron chi connectivity index (χ2n) is 6.94. The molecule has 0 radical (unpaired) electrons. The lowest BCUT2D eigenvalue weighted by Gasteiger charge is -2.22. The highest BCUT2D eigenvalue weighted by atomic mass is 16.1. The van der Waals surface area contributed by atoms with Crippen molar-refractivity contribution in [2.24, 2.45) is 0 Å². The topological polar surface area (TPSA) is 63.6 Å². The van der Waals surface area contributed by atoms with Crippen LogP contribution in [-0.2, 0) is 6.42 Å². The molecule has 0 saturated carbocycles. The summed E-state index contributed by atoms with van der Waals surface area (Å²) in [6.45, 7) is 2.08. The number of rotatable bonds is 2. The van der Waals surface area contributed by atoms with Crippen LogP contribution in [0.15, 0.2) is 54.7 Å². The van der Waals surface area contributed by atoms with Crippen molar-refractivity contribution < 1.29 is 4.79 Å². The van der Waals surface area contributed by atoms with Gasteiger partial charge in [-0.2, -0.15) is 5.10 Å². The van der Waals surface area contributed by atoms with Gasteiger partial charge in [-0.3, -0.25) is 4.79 Å². The van der Waals surface area contributed by atoms with Gasteiger partial charge in [0.2, 0.25) is 5.95 Å². The fraction of sp³-hybridized carbons (Fsp3) is 0.190. The molecule has 0 bridgehead atoms. The van der Waals surface area contributed by atoms with E-state index in [2.05, 4.69) is 46.3 Å². The molecule has 1 N–H and O–H groups in total. The standard InChI is InChI=1S/C21H18N4O/c1-13-5-4-6-14(9-13)15-10-19-16(20(26)11-15)12-22-25(19)21-23-17-7-2-3-8-18(17)24-21/h2-9,12,15H,10-11H2,1H3,(H,23,24)/t15-/m1/s1. The van der Waals surface area contributed by atoms with Gasteiger partial charge >= 0.3 is 0 Å². The van der Waals surface area contributed by atoms with E-state index in [1.54, 1.807) is 10.9 Å². The van der Waals surface area contributed by atoms with Crippen molar-refractivity contribution in [3.63, 3.8) is 0 Å². The van der Waals surface area contributed by atoms with E-state index in [0.29, 0.717) is 17.9 Å². The normalized spacial score (nSPS) is 16.8. The van der Waals surface area contributed by atoms with Crippen LogP contribution in [0.1, 0.15) is 39.5 Å². The fourth-order valence-electron chi connectivity index (χ4n) is 3.82. The lowest BCUT2D eigenvalue weighted by molar-refractivity contribution is 0.0963. The number of para-hydroxylation sites is 2. The molecule has 26 heavy (non-hydrogen) atoms. The van der Waals surface area contributed by atoms with Crippen LogP contribution in [0, 0.1) is 6.92 Å². The van der Waals surface area contributed by atoms with Crippen LogP contribution in [0.3, 0.4) is 0 Å². The summed E-state index contributed by atoms with van der Waals surface area (Å²) in [5.41, 5.74) is 5.93. The molecule has 0 spiro atoms. The van der Waals surface area contributed by atoms with Crippen LogP contribution in [0.2, 0.25) is 0 Å². The van der Waals surface area contributed by atoms with Crippen molar-refractivity contribution in [3.8, 4) is 5.95 Å². The molecule has 1 atom stereocenters. The first-order valence-electron chi connectivity index (χ1n) is 8.81. The number of aromatic amines is 1. The maximum atomic E-state index is 12.7. The van der Waals surface area contributed by atoms with Gasteiger partial charge < -0.3 is 4.98 Å². The van der Waals surface area contributed by atoms with Crippen molar-refractivity contribution in [3.05, 3.63) is 77.1 Å². The second-order valence-corrected chi connectivity index (χ2v) is 6.94. The minimum absolute atomic E-state index is 0.153. The Hall–Kier alpha value is -3.21. The smallest absolute Gasteiger partial charge is 0.229 e. The van der Waals surface area contributed by atoms with Gasteiger partial charge in [0.1, 0.15) is 0 Å². The van der Waals surface area contributed by atoms with Gasteiger partial charge in [-0.15, -0.1) is 0 Å². The minimum Gasteiger partial charge on any atom is -0.322 e. The van der Waals surface area contributed by atoms with Gasteiger partial charge in [0.05, 0.1) is 28.5 Å². The molecule has 5 heteroatoms. The average Bonchev–Trinajstić information content (AvgIpc) is 3.25. The Bertz CT molecular complexity index is 1100. The highest BCUT2D eigenvalue weighted by Gasteiger charge is 2.30. The maximum absolute atomic E-state index is 12.7. The molecular formula is C21H18N4O. The lowest BCUT2D eigenvalue weighted by atomic mass is 9.82. The Morgan fingerprint density at radius 1 is 1.12 bits per heavy atom. The first-order valence-corrected chi connectivity index (χ1v) is 8.81. The number of imidazole rings is 1. The van der Waals surface area contributed by atoms with Crippen molar-refractivity contribution in [1.29, 1.82) is 0 Å². The molecule has 0 saturated heterocycles. The molecule has 0 aliphatic heterocycles. The van der Waals surface area contributed by atoms with Crippen LogP contribution < -0.4 is 0 Å². The summed E-state index contributed by atoms with van der Waals surface area (Å²) in [4.78, 5) is 20.6. The maximum Gasteiger partial charge on any atom is 0.229 e. The van der Waals surface area contributed by atoms with E-state index < -0.39 is 0 Å². The third-order valence-corrected chi connectivity index (χ3v) is 5.13. The Labute approximate surface area is 150 Å². The van der Waals surface area contributed by atoms with E-state index in [1.165, 1.54) is 11.1 Å². The molecule has 2 aromatic carbocycles. The summed E-state index contributed by atoms with van der Waals surface area (Å²) >= 11 is 0. The number of nitrogens with zero attached hydrogens (tertiary/aromatic N) is 3. The summed E-state index contributed by atoms with van der Waals surface area (Å²) in [5.74, 6) is 0.986. The predicted octanol–water partition coefficient (Wildman–Crippen LogP) is 3.97. The number of ketones is 1. The van der Waals surface area contributed by atoms with Crippen molar-refractivity contribution in [1.82, 2.24) is 19.7 Å². The van der Waals surface area contributed by atoms with Crippen LogP contribution in [0.25, 0.3) is 17.0 Å². The van der Waals surface area contributed by atoms with Crippen molar-refractivity contribution >= 4 is 16.8 Å². The summed E-state index contributed by atoms with van der Waals surface area (Å²) in [5, 5.41) is 4.46. The number of fused-ring (bicyclic) bond motifs is 2. The van der Waals surface area contributed by atoms with Crippen LogP contribution in [-0.4, -0.2) is 25.5 Å². The quantitative estimate of drug-likeness (QED) is 0.599. The molecular weight excluding hydrogens is 324 g/mol. The van der Waals surface area contributed by atoms with E-state index in [9.17, 15) is 4.79 Å². The minimum atomic E-state index is 0.153. The van der Waals surface area contributed by atoms with E-state index in [-0.39, 0.29) is 11.7 Å². The highest BCUT2D eigenvalue weighted by molar-refractivity contribution is 5.98. The molecule has 5 rings (SSSR count). The molecule has 1 aliphatic rings. The van der Waals surface area contributed by atoms with Gasteiger partial charge in [0.15, 0.2) is 5.78 Å². The van der Waals surface area contributed by atoms with Gasteiger partial charge in [-0.05, 0) is 37.0 Å². The van der Waals surface area contributed by atoms with Crippen molar-refractivity contribution in [2.45, 2.75) is 25.7 Å². The third-order valence-electron chi connectivity index (χ3n) is 5.13. The number of hydrogen-bond acceptors (Lipinski definition) is 3. The Morgan fingerprint density at radius 2 is 2.00 bits per heavy atom. The Balaban J connectivity index is 1.59. The van der Waals surface area contributed by atoms with Gasteiger partial charge in [0, 0.05) is 6.42 Å². The third kappa shape index (κ3) is 2.36. The lowest BCUT2D eigenvalue weighted by Crippen LogP contribution is -2.20. The Kier molecular flexibility index (Phi) is 3.28. The number of Topliss-reactive ketones (excluding diaryl/α,β-unsaturated/α-hetero) is 1. The molecule has 0 fully saturated rings. The monoisotopic (exact) mass is 342 g/mol. The fourth-order valence-corrected chi connectivity index (χ4v) is 3.82. The van der Waals surface area contributed by atoms with Gasteiger partial charge in [-0.1, -0.05) is 42.0 Å². The van der Waals surface area contributed by atoms with E-state index in [4.69, 9.17) is 0 Å². The largest absolute Gasteiger partial charge is 0.322 e.